The molecule has 0 aromatic heterocycles. The van der Waals surface area contributed by atoms with Crippen LogP contribution in [0.1, 0.15) is 43.6 Å². The van der Waals surface area contributed by atoms with Crippen LogP contribution in [0, 0.1) is 22.6 Å². The number of benzene rings is 1. The summed E-state index contributed by atoms with van der Waals surface area (Å²) in [4.78, 5) is 27.2. The zero-order valence-corrected chi connectivity index (χ0v) is 14.8. The fourth-order valence-corrected chi connectivity index (χ4v) is 3.59. The Balaban J connectivity index is 2.35. The minimum atomic E-state index is -1.02. The van der Waals surface area contributed by atoms with Gasteiger partial charge in [0.2, 0.25) is 0 Å². The van der Waals surface area contributed by atoms with Crippen molar-refractivity contribution in [2.24, 2.45) is 5.41 Å². The number of rotatable bonds is 1. The van der Waals surface area contributed by atoms with Crippen molar-refractivity contribution in [1.29, 1.82) is 5.26 Å². The Kier molecular flexibility index (Phi) is 5.02. The summed E-state index contributed by atoms with van der Waals surface area (Å²) < 4.78 is 14.2. The first-order valence-electron chi connectivity index (χ1n) is 8.08. The molecule has 134 valence electrons. The number of hydrogen-bond donors (Lipinski definition) is 1. The fourth-order valence-electron chi connectivity index (χ4n) is 3.59. The Labute approximate surface area is 146 Å². The van der Waals surface area contributed by atoms with Gasteiger partial charge in [0.25, 0.3) is 5.91 Å². The molecule has 2 amide bonds. The lowest BCUT2D eigenvalue weighted by Gasteiger charge is -2.50. The fraction of sp³-hybridized carbons (Fsp3) is 0.500. The van der Waals surface area contributed by atoms with E-state index in [1.807, 2.05) is 26.8 Å². The summed E-state index contributed by atoms with van der Waals surface area (Å²) in [7, 11) is 0. The second-order valence-corrected chi connectivity index (χ2v) is 7.33. The van der Waals surface area contributed by atoms with Crippen LogP contribution in [0.2, 0.25) is 0 Å². The van der Waals surface area contributed by atoms with Crippen LogP contribution < -0.4 is 0 Å². The molecule has 0 radical (unpaired) electrons. The summed E-state index contributed by atoms with van der Waals surface area (Å²) in [5, 5.41) is 18.3. The van der Waals surface area contributed by atoms with E-state index in [4.69, 9.17) is 5.26 Å². The molecule has 1 aliphatic heterocycles. The molecule has 1 aliphatic rings. The van der Waals surface area contributed by atoms with E-state index in [0.29, 0.717) is 0 Å². The molecule has 1 aromatic rings. The van der Waals surface area contributed by atoms with Crippen LogP contribution in [-0.4, -0.2) is 52.1 Å². The van der Waals surface area contributed by atoms with Crippen LogP contribution in [0.25, 0.3) is 0 Å². The summed E-state index contributed by atoms with van der Waals surface area (Å²) in [6.07, 6.45) is -1.02. The van der Waals surface area contributed by atoms with Gasteiger partial charge < -0.3 is 14.9 Å². The van der Waals surface area contributed by atoms with Crippen molar-refractivity contribution in [2.75, 3.05) is 13.1 Å². The Bertz CT molecular complexity index is 736. The zero-order chi connectivity index (χ0) is 18.9. The summed E-state index contributed by atoms with van der Waals surface area (Å²) in [5.74, 6) is -1.24. The molecule has 1 heterocycles. The molecule has 25 heavy (non-hydrogen) atoms. The van der Waals surface area contributed by atoms with Crippen LogP contribution in [0.4, 0.5) is 9.18 Å². The summed E-state index contributed by atoms with van der Waals surface area (Å²) in [6, 6.07) is 4.75. The molecule has 1 aromatic carbocycles. The van der Waals surface area contributed by atoms with Crippen molar-refractivity contribution in [3.05, 3.63) is 35.1 Å². The number of piperazine rings is 1. The van der Waals surface area contributed by atoms with Gasteiger partial charge in [-0.25, -0.2) is 9.18 Å². The smallest absolute Gasteiger partial charge is 0.407 e. The average molecular weight is 347 g/mol. The minimum Gasteiger partial charge on any atom is -0.465 e. The Morgan fingerprint density at radius 2 is 1.88 bits per heavy atom. The van der Waals surface area contributed by atoms with Gasteiger partial charge in [-0.1, -0.05) is 20.8 Å². The molecule has 0 saturated carbocycles. The predicted octanol–water partition coefficient (Wildman–Crippen LogP) is 2.94. The van der Waals surface area contributed by atoms with Crippen LogP contribution in [-0.2, 0) is 0 Å². The Hall–Kier alpha value is -2.62. The van der Waals surface area contributed by atoms with Gasteiger partial charge in [-0.05, 0) is 30.5 Å². The van der Waals surface area contributed by atoms with Crippen LogP contribution in [0.5, 0.6) is 0 Å². The van der Waals surface area contributed by atoms with Crippen molar-refractivity contribution in [3.8, 4) is 6.07 Å². The molecule has 2 atom stereocenters. The third-order valence-corrected chi connectivity index (χ3v) is 4.59. The minimum absolute atomic E-state index is 0.109. The highest BCUT2D eigenvalue weighted by molar-refractivity contribution is 5.95. The molecule has 6 nitrogen and oxygen atoms in total. The highest BCUT2D eigenvalue weighted by atomic mass is 19.1. The largest absolute Gasteiger partial charge is 0.465 e. The lowest BCUT2D eigenvalue weighted by atomic mass is 9.79. The Morgan fingerprint density at radius 3 is 2.36 bits per heavy atom. The van der Waals surface area contributed by atoms with E-state index in [9.17, 15) is 19.1 Å². The molecule has 1 N–H and O–H groups in total. The van der Waals surface area contributed by atoms with Gasteiger partial charge in [-0.3, -0.25) is 4.79 Å². The second-order valence-electron chi connectivity index (χ2n) is 7.33. The second kappa shape index (κ2) is 6.71. The number of halogens is 1. The maximum atomic E-state index is 14.2. The molecule has 0 aliphatic carbocycles. The highest BCUT2D eigenvalue weighted by Gasteiger charge is 2.44. The van der Waals surface area contributed by atoms with E-state index in [0.717, 1.165) is 6.07 Å². The highest BCUT2D eigenvalue weighted by Crippen LogP contribution is 2.33. The van der Waals surface area contributed by atoms with Crippen LogP contribution in [0.3, 0.4) is 0 Å². The van der Waals surface area contributed by atoms with Gasteiger partial charge in [0.15, 0.2) is 0 Å². The maximum absolute atomic E-state index is 14.2. The van der Waals surface area contributed by atoms with E-state index in [1.54, 1.807) is 6.92 Å². The zero-order valence-electron chi connectivity index (χ0n) is 14.8. The lowest BCUT2D eigenvalue weighted by molar-refractivity contribution is -0.00911. The molecular weight excluding hydrogens is 325 g/mol. The van der Waals surface area contributed by atoms with Crippen molar-refractivity contribution < 1.29 is 19.1 Å². The molecule has 1 unspecified atom stereocenters. The van der Waals surface area contributed by atoms with Crippen LogP contribution in [0.15, 0.2) is 18.2 Å². The maximum Gasteiger partial charge on any atom is 0.407 e. The first-order chi connectivity index (χ1) is 11.6. The first kappa shape index (κ1) is 18.7. The molecule has 2 rings (SSSR count). The Morgan fingerprint density at radius 1 is 1.28 bits per heavy atom. The van der Waals surface area contributed by atoms with Gasteiger partial charge in [0.05, 0.1) is 29.3 Å². The molecular formula is C18H22FN3O3. The number of nitriles is 1. The van der Waals surface area contributed by atoms with Gasteiger partial charge in [-0.2, -0.15) is 5.26 Å². The van der Waals surface area contributed by atoms with Gasteiger partial charge >= 0.3 is 6.09 Å². The third kappa shape index (κ3) is 3.58. The van der Waals surface area contributed by atoms with E-state index in [-0.39, 0.29) is 29.6 Å². The van der Waals surface area contributed by atoms with Gasteiger partial charge in [-0.15, -0.1) is 0 Å². The number of nitrogens with zero attached hydrogens (tertiary/aromatic N) is 3. The summed E-state index contributed by atoms with van der Waals surface area (Å²) in [6.45, 7) is 7.90. The average Bonchev–Trinajstić information content (AvgIpc) is 2.52. The lowest BCUT2D eigenvalue weighted by Crippen LogP contribution is -2.65. The van der Waals surface area contributed by atoms with E-state index in [2.05, 4.69) is 0 Å². The monoisotopic (exact) mass is 347 g/mol. The SMILES string of the molecule is C[C@@H]1C(C(C)(C)C)N(C(=O)O)CCN1C(=O)c1ccc(C#N)cc1F. The quantitative estimate of drug-likeness (QED) is 0.846. The van der Waals surface area contributed by atoms with E-state index >= 15 is 0 Å². The third-order valence-electron chi connectivity index (χ3n) is 4.59. The predicted molar refractivity (Wildman–Crippen MR) is 89.6 cm³/mol. The normalized spacial score (nSPS) is 21.0. The summed E-state index contributed by atoms with van der Waals surface area (Å²) in [5.41, 5.74) is -0.354. The topological polar surface area (TPSA) is 84.6 Å². The van der Waals surface area contributed by atoms with Crippen LogP contribution >= 0.6 is 0 Å². The molecule has 7 heteroatoms. The number of carboxylic acid groups (broad SMARTS) is 1. The number of carbonyl (C=O) groups excluding carboxylic acids is 1. The van der Waals surface area contributed by atoms with Crippen molar-refractivity contribution >= 4 is 12.0 Å². The number of carbonyl (C=O) groups is 2. The standard InChI is InChI=1S/C18H22FN3O3/c1-11-15(18(2,3)4)22(17(24)25)8-7-21(11)16(23)13-6-5-12(10-20)9-14(13)19/h5-6,9,11,15H,7-8H2,1-4H3,(H,24,25)/t11-,15?/m1/s1. The molecule has 0 spiro atoms. The van der Waals surface area contributed by atoms with Gasteiger partial charge in [0.1, 0.15) is 5.82 Å². The van der Waals surface area contributed by atoms with E-state index < -0.39 is 29.9 Å². The van der Waals surface area contributed by atoms with Gasteiger partial charge in [0, 0.05) is 13.1 Å². The molecule has 1 saturated heterocycles. The molecule has 0 bridgehead atoms. The number of amides is 2. The van der Waals surface area contributed by atoms with Crippen molar-refractivity contribution in [2.45, 2.75) is 39.8 Å². The molecule has 1 fully saturated rings. The summed E-state index contributed by atoms with van der Waals surface area (Å²) >= 11 is 0. The van der Waals surface area contributed by atoms with Crippen molar-refractivity contribution in [1.82, 2.24) is 9.80 Å². The van der Waals surface area contributed by atoms with E-state index in [1.165, 1.54) is 21.9 Å². The number of hydrogen-bond acceptors (Lipinski definition) is 3. The first-order valence-corrected chi connectivity index (χ1v) is 8.08. The van der Waals surface area contributed by atoms with Crippen molar-refractivity contribution in [3.63, 3.8) is 0 Å².